The summed E-state index contributed by atoms with van der Waals surface area (Å²) in [7, 11) is -4.94. The van der Waals surface area contributed by atoms with E-state index in [-0.39, 0.29) is 11.8 Å². The van der Waals surface area contributed by atoms with Crippen molar-refractivity contribution in [3.8, 4) is 0 Å². The van der Waals surface area contributed by atoms with E-state index in [1.807, 2.05) is 28.8 Å². The Balaban J connectivity index is 0.000000523. The third-order valence-electron chi connectivity index (χ3n) is 6.45. The largest absolute Gasteiger partial charge is 0.481 e. The fourth-order valence-corrected chi connectivity index (χ4v) is 5.09. The highest BCUT2D eigenvalue weighted by molar-refractivity contribution is 6.07. The van der Waals surface area contributed by atoms with Gasteiger partial charge >= 0.3 is 11.9 Å². The van der Waals surface area contributed by atoms with E-state index in [1.54, 1.807) is 0 Å². The maximum Gasteiger partial charge on any atom is 0.373 e. The first-order valence-corrected chi connectivity index (χ1v) is 11.5. The topological polar surface area (TPSA) is 186 Å². The lowest BCUT2D eigenvalue weighted by molar-refractivity contribution is -2.00. The lowest BCUT2D eigenvalue weighted by atomic mass is 9.68. The van der Waals surface area contributed by atoms with Crippen LogP contribution in [0, 0.1) is 15.7 Å². The van der Waals surface area contributed by atoms with Gasteiger partial charge in [0.05, 0.1) is 5.41 Å². The molecule has 0 saturated heterocycles. The molecule has 1 aromatic heterocycles. The second-order valence-electron chi connectivity index (χ2n) is 8.13. The zero-order valence-corrected chi connectivity index (χ0v) is 18.3. The van der Waals surface area contributed by atoms with E-state index >= 15 is 0 Å². The number of carboxylic acid groups (broad SMARTS) is 2. The maximum atomic E-state index is 12.1. The van der Waals surface area contributed by atoms with Gasteiger partial charge < -0.3 is 15.2 Å². The van der Waals surface area contributed by atoms with Gasteiger partial charge in [0.2, 0.25) is 5.71 Å². The molecule has 0 radical (unpaired) electrons. The van der Waals surface area contributed by atoms with E-state index in [4.69, 9.17) is 18.6 Å². The molecular weight excluding hydrogens is 444 g/mol. The van der Waals surface area contributed by atoms with Gasteiger partial charge in [0.25, 0.3) is 6.04 Å². The average Bonchev–Trinajstić information content (AvgIpc) is 3.08. The Hall–Kier alpha value is -2.50. The van der Waals surface area contributed by atoms with Gasteiger partial charge in [-0.2, -0.15) is 0 Å². The lowest BCUT2D eigenvalue weighted by Crippen LogP contribution is -2.68. The van der Waals surface area contributed by atoms with Crippen LogP contribution in [0.4, 0.5) is 0 Å². The van der Waals surface area contributed by atoms with Crippen molar-refractivity contribution in [3.05, 3.63) is 35.5 Å². The molecule has 2 aromatic rings. The van der Waals surface area contributed by atoms with Crippen LogP contribution in [-0.4, -0.2) is 50.0 Å². The number of fused-ring (bicyclic) bond motifs is 4. The molecule has 3 N–H and O–H groups in total. The molecule has 1 aromatic carbocycles. The quantitative estimate of drug-likeness (QED) is 0.432. The first-order valence-electron chi connectivity index (χ1n) is 10.3. The van der Waals surface area contributed by atoms with Crippen LogP contribution in [0.3, 0.4) is 0 Å². The minimum Gasteiger partial charge on any atom is -0.481 e. The van der Waals surface area contributed by atoms with E-state index in [0.29, 0.717) is 19.4 Å². The molecule has 0 amide bonds. The number of halogens is 1. The van der Waals surface area contributed by atoms with Crippen molar-refractivity contribution < 1.29 is 53.3 Å². The number of aromatic amines is 1. The second kappa shape index (κ2) is 9.16. The number of nitrogens with one attached hydrogen (secondary N) is 1. The number of hydrogen-bond donors (Lipinski definition) is 3. The van der Waals surface area contributed by atoms with Crippen molar-refractivity contribution in [2.45, 2.75) is 51.5 Å². The van der Waals surface area contributed by atoms with Crippen LogP contribution in [0.25, 0.3) is 10.9 Å². The fraction of sp³-hybridized carbons (Fsp3) is 0.476. The van der Waals surface area contributed by atoms with Gasteiger partial charge in [0.1, 0.15) is 12.2 Å². The zero-order valence-electron chi connectivity index (χ0n) is 17.5. The van der Waals surface area contributed by atoms with Crippen molar-refractivity contribution in [2.24, 2.45) is 5.41 Å². The highest BCUT2D eigenvalue weighted by Crippen LogP contribution is 2.44. The molecule has 2 aliphatic rings. The molecule has 4 rings (SSSR count). The van der Waals surface area contributed by atoms with Gasteiger partial charge in [-0.15, -0.1) is 10.2 Å². The van der Waals surface area contributed by atoms with Gasteiger partial charge in [-0.3, -0.25) is 4.79 Å². The van der Waals surface area contributed by atoms with Crippen LogP contribution in [-0.2, 0) is 16.0 Å². The molecule has 0 bridgehead atoms. The summed E-state index contributed by atoms with van der Waals surface area (Å²) in [6.07, 6.45) is 3.68. The molecule has 3 heterocycles. The molecule has 0 spiro atoms. The highest BCUT2D eigenvalue weighted by atomic mass is 35.7. The van der Waals surface area contributed by atoms with Crippen LogP contribution in [0.2, 0.25) is 0 Å². The van der Waals surface area contributed by atoms with Crippen molar-refractivity contribution in [2.75, 3.05) is 6.54 Å². The SMILES string of the molecule is CCC1(CCC(=O)O)CCC[N+]2=C1c1[nH]c3ccccc3c1CC2C(=O)O.[O-][Cl+3]([O-])([O-])[O-]. The van der Waals surface area contributed by atoms with Crippen molar-refractivity contribution in [1.29, 1.82) is 0 Å². The average molecular weight is 469 g/mol. The third kappa shape index (κ3) is 4.94. The fourth-order valence-electron chi connectivity index (χ4n) is 5.09. The minimum absolute atomic E-state index is 0.0957. The maximum absolute atomic E-state index is 12.1. The monoisotopic (exact) mass is 468 g/mol. The summed E-state index contributed by atoms with van der Waals surface area (Å²) in [5, 5.41) is 20.3. The number of benzene rings is 1. The molecule has 0 fully saturated rings. The van der Waals surface area contributed by atoms with Crippen molar-refractivity contribution in [3.63, 3.8) is 0 Å². The molecule has 0 saturated carbocycles. The summed E-state index contributed by atoms with van der Waals surface area (Å²) in [6.45, 7) is 2.79. The second-order valence-corrected chi connectivity index (χ2v) is 8.89. The summed E-state index contributed by atoms with van der Waals surface area (Å²) < 4.78 is 36.0. The summed E-state index contributed by atoms with van der Waals surface area (Å²) in [5.74, 6) is -1.61. The normalized spacial score (nSPS) is 22.6. The van der Waals surface area contributed by atoms with E-state index in [9.17, 15) is 19.8 Å². The zero-order chi connectivity index (χ0) is 23.7. The Bertz CT molecular complexity index is 1050. The Labute approximate surface area is 186 Å². The Morgan fingerprint density at radius 1 is 1.22 bits per heavy atom. The molecule has 10 nitrogen and oxygen atoms in total. The predicted octanol–water partition coefficient (Wildman–Crippen LogP) is -1.72. The summed E-state index contributed by atoms with van der Waals surface area (Å²) >= 11 is 0. The summed E-state index contributed by atoms with van der Waals surface area (Å²) in [6, 6.07) is 7.40. The number of aromatic nitrogens is 1. The van der Waals surface area contributed by atoms with E-state index in [2.05, 4.69) is 11.9 Å². The van der Waals surface area contributed by atoms with Gasteiger partial charge in [-0.05, 0) is 30.9 Å². The van der Waals surface area contributed by atoms with Crippen LogP contribution in [0.5, 0.6) is 0 Å². The Morgan fingerprint density at radius 2 is 1.88 bits per heavy atom. The number of nitrogens with zero attached hydrogens (tertiary/aromatic N) is 1. The first-order chi connectivity index (χ1) is 15.0. The number of aliphatic carboxylic acids is 2. The summed E-state index contributed by atoms with van der Waals surface area (Å²) in [4.78, 5) is 26.9. The van der Waals surface area contributed by atoms with Gasteiger partial charge in [-0.25, -0.2) is 28.0 Å². The number of hydrogen-bond acceptors (Lipinski definition) is 6. The predicted molar refractivity (Wildman–Crippen MR) is 101 cm³/mol. The summed E-state index contributed by atoms with van der Waals surface area (Å²) in [5.41, 5.74) is 3.79. The molecule has 174 valence electrons. The van der Waals surface area contributed by atoms with E-state index in [0.717, 1.165) is 47.1 Å². The van der Waals surface area contributed by atoms with E-state index in [1.165, 1.54) is 0 Å². The van der Waals surface area contributed by atoms with Gasteiger partial charge in [0.15, 0.2) is 0 Å². The molecule has 32 heavy (non-hydrogen) atoms. The van der Waals surface area contributed by atoms with Crippen LogP contribution in [0.15, 0.2) is 24.3 Å². The highest BCUT2D eigenvalue weighted by Gasteiger charge is 2.51. The van der Waals surface area contributed by atoms with E-state index < -0.39 is 28.2 Å². The number of rotatable bonds is 5. The first kappa shape index (κ1) is 24.1. The minimum atomic E-state index is -4.94. The molecule has 2 unspecified atom stereocenters. The standard InChI is InChI=1S/C21H24N2O4.ClHO4/c1-2-21(10-8-17(24)25)9-5-11-23-16(20(26)27)12-14-13-6-3-4-7-15(13)22-18(14)19(21)23;2-1(3,4)5/h3-4,6-7,16H,2,5,8-12H2,1H3,(H2,24,25,26,27);(H,2,3,4,5). The Kier molecular flexibility index (Phi) is 6.91. The molecule has 0 aliphatic carbocycles. The number of carbonyl (C=O) groups is 2. The van der Waals surface area contributed by atoms with Gasteiger partial charge in [0, 0.05) is 30.2 Å². The smallest absolute Gasteiger partial charge is 0.373 e. The molecule has 2 aliphatic heterocycles. The molecule has 2 atom stereocenters. The Morgan fingerprint density at radius 3 is 2.47 bits per heavy atom. The van der Waals surface area contributed by atoms with Crippen LogP contribution >= 0.6 is 0 Å². The van der Waals surface area contributed by atoms with Gasteiger partial charge in [-0.1, -0.05) is 25.1 Å². The van der Waals surface area contributed by atoms with Crippen molar-refractivity contribution >= 4 is 28.6 Å². The van der Waals surface area contributed by atoms with Crippen molar-refractivity contribution in [1.82, 2.24) is 4.98 Å². The molecule has 11 heteroatoms. The van der Waals surface area contributed by atoms with Crippen LogP contribution < -0.4 is 18.6 Å². The van der Waals surface area contributed by atoms with Crippen LogP contribution in [0.1, 0.15) is 50.3 Å². The lowest BCUT2D eigenvalue weighted by Gasteiger charge is -2.38. The number of H-pyrrole nitrogens is 1. The number of carboxylic acids is 2. The third-order valence-corrected chi connectivity index (χ3v) is 6.45. The number of para-hydroxylation sites is 1. The molecular formula is C21H25ClN2O8.